The van der Waals surface area contributed by atoms with Crippen molar-refractivity contribution in [3.63, 3.8) is 0 Å². The number of halogens is 3. The van der Waals surface area contributed by atoms with Gasteiger partial charge in [-0.3, -0.25) is 4.98 Å². The number of fused-ring (bicyclic) bond motifs is 1. The fraction of sp³-hybridized carbons (Fsp3) is 0. The number of carbonyl (C=O) groups excluding carboxylic acids is 1. The lowest BCUT2D eigenvalue weighted by Crippen LogP contribution is -2.07. The number of benzene rings is 1. The maximum atomic E-state index is 12.2. The minimum absolute atomic E-state index is 0.389. The topological polar surface area (TPSA) is 39.2 Å². The smallest absolute Gasteiger partial charge is 0.353 e. The van der Waals surface area contributed by atoms with E-state index in [0.717, 1.165) is 13.6 Å². The molecule has 0 unspecified atom stereocenters. The van der Waals surface area contributed by atoms with E-state index in [-0.39, 0.29) is 0 Å². The van der Waals surface area contributed by atoms with E-state index in [2.05, 4.69) is 36.8 Å². The molecule has 3 rings (SSSR count). The number of ether oxygens (including phenoxy) is 1. The number of hydrogen-bond donors (Lipinski definition) is 0. The normalized spacial score (nSPS) is 10.8. The third-order valence-corrected chi connectivity index (χ3v) is 6.29. The van der Waals surface area contributed by atoms with Gasteiger partial charge in [0.1, 0.15) is 10.4 Å². The monoisotopic (exact) mass is 445 g/mol. The average molecular weight is 448 g/mol. The van der Waals surface area contributed by atoms with Crippen molar-refractivity contribution in [3.8, 4) is 5.75 Å². The Kier molecular flexibility index (Phi) is 4.31. The van der Waals surface area contributed by atoms with Crippen LogP contribution in [0.15, 0.2) is 44.8 Å². The quantitative estimate of drug-likeness (QED) is 0.374. The summed E-state index contributed by atoms with van der Waals surface area (Å²) in [6.07, 6.45) is 1.63. The summed E-state index contributed by atoms with van der Waals surface area (Å²) in [6.45, 7) is 0. The van der Waals surface area contributed by atoms with Crippen molar-refractivity contribution in [2.45, 2.75) is 0 Å². The van der Waals surface area contributed by atoms with Crippen LogP contribution >= 0.6 is 54.8 Å². The van der Waals surface area contributed by atoms with Gasteiger partial charge >= 0.3 is 5.97 Å². The van der Waals surface area contributed by atoms with Crippen molar-refractivity contribution in [1.29, 1.82) is 0 Å². The Hall–Kier alpha value is -0.950. The number of nitrogens with zero attached hydrogens (tertiary/aromatic N) is 1. The number of aromatic nitrogens is 1. The van der Waals surface area contributed by atoms with Gasteiger partial charge in [0.25, 0.3) is 0 Å². The van der Waals surface area contributed by atoms with Crippen LogP contribution in [0.1, 0.15) is 9.67 Å². The van der Waals surface area contributed by atoms with Crippen LogP contribution < -0.4 is 4.74 Å². The average Bonchev–Trinajstić information content (AvgIpc) is 2.82. The number of esters is 1. The molecule has 106 valence electrons. The molecule has 7 heteroatoms. The first-order valence-corrected chi connectivity index (χ1v) is 8.54. The van der Waals surface area contributed by atoms with Crippen molar-refractivity contribution in [2.75, 3.05) is 0 Å². The molecule has 1 aromatic carbocycles. The summed E-state index contributed by atoms with van der Waals surface area (Å²) in [6, 6.07) is 8.66. The van der Waals surface area contributed by atoms with Crippen molar-refractivity contribution >= 4 is 71.7 Å². The highest BCUT2D eigenvalue weighted by Crippen LogP contribution is 2.34. The van der Waals surface area contributed by atoms with Crippen molar-refractivity contribution in [3.05, 3.63) is 54.7 Å². The second-order valence-electron chi connectivity index (χ2n) is 4.07. The molecule has 0 N–H and O–H groups in total. The Morgan fingerprint density at radius 1 is 1.29 bits per heavy atom. The molecule has 3 nitrogen and oxygen atoms in total. The summed E-state index contributed by atoms with van der Waals surface area (Å²) >= 11 is 14.1. The lowest BCUT2D eigenvalue weighted by atomic mass is 10.2. The SMILES string of the molecule is O=C(Oc1ccc(Cl)c2cccnc12)c1cc(Br)c(Br)s1. The van der Waals surface area contributed by atoms with Crippen molar-refractivity contribution in [1.82, 2.24) is 4.98 Å². The van der Waals surface area contributed by atoms with Crippen LogP contribution in [0.5, 0.6) is 5.75 Å². The third kappa shape index (κ3) is 2.99. The van der Waals surface area contributed by atoms with Gasteiger partial charge in [-0.25, -0.2) is 4.79 Å². The van der Waals surface area contributed by atoms with Crippen LogP contribution in [0, 0.1) is 0 Å². The van der Waals surface area contributed by atoms with Gasteiger partial charge in [0.05, 0.1) is 8.81 Å². The van der Waals surface area contributed by atoms with Gasteiger partial charge in [0.2, 0.25) is 0 Å². The molecule has 0 bridgehead atoms. The first-order valence-electron chi connectivity index (χ1n) is 5.76. The zero-order valence-electron chi connectivity index (χ0n) is 10.3. The molecule has 0 aliphatic heterocycles. The number of hydrogen-bond acceptors (Lipinski definition) is 4. The Balaban J connectivity index is 1.98. The first-order chi connectivity index (χ1) is 10.1. The van der Waals surface area contributed by atoms with Crippen LogP contribution in [0.25, 0.3) is 10.9 Å². The summed E-state index contributed by atoms with van der Waals surface area (Å²) in [7, 11) is 0. The Morgan fingerprint density at radius 2 is 2.10 bits per heavy atom. The molecule has 3 aromatic rings. The van der Waals surface area contributed by atoms with Gasteiger partial charge in [0, 0.05) is 16.1 Å². The highest BCUT2D eigenvalue weighted by Gasteiger charge is 2.16. The van der Waals surface area contributed by atoms with Gasteiger partial charge in [-0.15, -0.1) is 11.3 Å². The fourth-order valence-corrected chi connectivity index (χ4v) is 3.92. The van der Waals surface area contributed by atoms with E-state index in [4.69, 9.17) is 16.3 Å². The molecule has 21 heavy (non-hydrogen) atoms. The molecule has 2 aromatic heterocycles. The maximum Gasteiger partial charge on any atom is 0.353 e. The summed E-state index contributed by atoms with van der Waals surface area (Å²) in [4.78, 5) is 16.9. The minimum atomic E-state index is -0.430. The molecule has 0 radical (unpaired) electrons. The molecular formula is C14H6Br2ClNO2S. The molecule has 2 heterocycles. The summed E-state index contributed by atoms with van der Waals surface area (Å²) in [5.74, 6) is -0.0404. The summed E-state index contributed by atoms with van der Waals surface area (Å²) < 4.78 is 7.11. The van der Waals surface area contributed by atoms with E-state index in [0.29, 0.717) is 21.2 Å². The van der Waals surface area contributed by atoms with Crippen LogP contribution in [0.3, 0.4) is 0 Å². The lowest BCUT2D eigenvalue weighted by molar-refractivity contribution is 0.0742. The molecule has 0 aliphatic rings. The molecule has 0 amide bonds. The van der Waals surface area contributed by atoms with E-state index in [1.54, 1.807) is 30.5 Å². The lowest BCUT2D eigenvalue weighted by Gasteiger charge is -2.07. The molecule has 0 fully saturated rings. The van der Waals surface area contributed by atoms with Crippen molar-refractivity contribution < 1.29 is 9.53 Å². The van der Waals surface area contributed by atoms with Crippen LogP contribution in [-0.4, -0.2) is 11.0 Å². The predicted octanol–water partition coefficient (Wildman–Crippen LogP) is 5.69. The van der Waals surface area contributed by atoms with E-state index < -0.39 is 5.97 Å². The first kappa shape index (κ1) is 15.0. The summed E-state index contributed by atoms with van der Waals surface area (Å²) in [5, 5.41) is 1.32. The Bertz CT molecular complexity index is 831. The number of pyridine rings is 1. The highest BCUT2D eigenvalue weighted by molar-refractivity contribution is 9.13. The number of thiophene rings is 1. The number of rotatable bonds is 2. The van der Waals surface area contributed by atoms with Gasteiger partial charge in [-0.2, -0.15) is 0 Å². The second-order valence-corrected chi connectivity index (χ2v) is 7.70. The third-order valence-electron chi connectivity index (χ3n) is 2.73. The van der Waals surface area contributed by atoms with Gasteiger partial charge < -0.3 is 4.74 Å². The second kappa shape index (κ2) is 6.04. The minimum Gasteiger partial charge on any atom is -0.420 e. The van der Waals surface area contributed by atoms with E-state index in [1.807, 2.05) is 6.07 Å². The van der Waals surface area contributed by atoms with Gasteiger partial charge in [-0.05, 0) is 62.2 Å². The van der Waals surface area contributed by atoms with Gasteiger partial charge in [0.15, 0.2) is 5.75 Å². The maximum absolute atomic E-state index is 12.2. The number of carbonyl (C=O) groups is 1. The Morgan fingerprint density at radius 3 is 2.81 bits per heavy atom. The molecular weight excluding hydrogens is 441 g/mol. The predicted molar refractivity (Wildman–Crippen MR) is 91.4 cm³/mol. The van der Waals surface area contributed by atoms with E-state index in [9.17, 15) is 4.79 Å². The van der Waals surface area contributed by atoms with Gasteiger partial charge in [-0.1, -0.05) is 11.6 Å². The largest absolute Gasteiger partial charge is 0.420 e. The van der Waals surface area contributed by atoms with Crippen LogP contribution in [0.4, 0.5) is 0 Å². The molecule has 0 atom stereocenters. The molecule has 0 saturated heterocycles. The van der Waals surface area contributed by atoms with E-state index >= 15 is 0 Å². The fourth-order valence-electron chi connectivity index (χ4n) is 1.79. The van der Waals surface area contributed by atoms with Crippen LogP contribution in [0.2, 0.25) is 5.02 Å². The summed E-state index contributed by atoms with van der Waals surface area (Å²) in [5.41, 5.74) is 0.563. The van der Waals surface area contributed by atoms with Crippen LogP contribution in [-0.2, 0) is 0 Å². The van der Waals surface area contributed by atoms with Crippen molar-refractivity contribution in [2.24, 2.45) is 0 Å². The zero-order valence-corrected chi connectivity index (χ0v) is 15.0. The molecule has 0 aliphatic carbocycles. The zero-order chi connectivity index (χ0) is 15.0. The molecule has 0 saturated carbocycles. The highest BCUT2D eigenvalue weighted by atomic mass is 79.9. The standard InChI is InChI=1S/C14H6Br2ClNO2S/c15-8-6-11(21-13(8)16)14(19)20-10-4-3-9(17)7-2-1-5-18-12(7)10/h1-6H. The molecule has 0 spiro atoms. The Labute approximate surface area is 146 Å². The van der Waals surface area contributed by atoms with E-state index in [1.165, 1.54) is 11.3 Å².